The Balaban J connectivity index is 1.57. The van der Waals surface area contributed by atoms with Gasteiger partial charge in [-0.25, -0.2) is 0 Å². The molecule has 0 fully saturated rings. The van der Waals surface area contributed by atoms with Gasteiger partial charge in [-0.1, -0.05) is 84.9 Å². The van der Waals surface area contributed by atoms with E-state index in [2.05, 4.69) is 6.58 Å². The van der Waals surface area contributed by atoms with Crippen LogP contribution in [-0.4, -0.2) is 18.2 Å². The van der Waals surface area contributed by atoms with Gasteiger partial charge in [0.2, 0.25) is 0 Å². The molecule has 5 nitrogen and oxygen atoms in total. The lowest BCUT2D eigenvalue weighted by Crippen LogP contribution is -2.21. The first kappa shape index (κ1) is 25.7. The molecule has 5 heteroatoms. The molecule has 0 saturated carbocycles. The summed E-state index contributed by atoms with van der Waals surface area (Å²) in [5.74, 6) is 1.12. The van der Waals surface area contributed by atoms with Crippen LogP contribution in [0.3, 0.4) is 0 Å². The molecule has 5 rings (SSSR count). The molecule has 0 radical (unpaired) electrons. The zero-order valence-corrected chi connectivity index (χ0v) is 21.9. The van der Waals surface area contributed by atoms with Crippen molar-refractivity contribution in [3.05, 3.63) is 144 Å². The minimum atomic E-state index is -0.187. The molecule has 0 saturated heterocycles. The second kappa shape index (κ2) is 12.1. The van der Waals surface area contributed by atoms with E-state index in [0.29, 0.717) is 48.1 Å². The molecule has 1 heterocycles. The van der Waals surface area contributed by atoms with Crippen LogP contribution in [0, 0.1) is 0 Å². The van der Waals surface area contributed by atoms with Gasteiger partial charge in [-0.3, -0.25) is 4.79 Å². The third-order valence-electron chi connectivity index (χ3n) is 6.28. The standard InChI is InChI=1S/C34H30N2O3/c1-3-14-28-21-26(23-31(38-4-2)33(28)39-24-25-15-8-5-9-16-25)22-30-32(27-17-10-6-11-18-27)35-36(34(30)37)29-19-12-7-13-20-29/h3,5-13,15-23H,1,4,14,24H2,2H3/b30-22-. The predicted octanol–water partition coefficient (Wildman–Crippen LogP) is 7.23. The number of rotatable bonds is 10. The van der Waals surface area contributed by atoms with Crippen molar-refractivity contribution in [1.82, 2.24) is 0 Å². The minimum absolute atomic E-state index is 0.187. The Morgan fingerprint density at radius 2 is 1.54 bits per heavy atom. The quantitative estimate of drug-likeness (QED) is 0.166. The van der Waals surface area contributed by atoms with Crippen LogP contribution in [0.2, 0.25) is 0 Å². The van der Waals surface area contributed by atoms with Crippen LogP contribution in [-0.2, 0) is 17.8 Å². The summed E-state index contributed by atoms with van der Waals surface area (Å²) < 4.78 is 12.3. The molecule has 0 aliphatic carbocycles. The summed E-state index contributed by atoms with van der Waals surface area (Å²) >= 11 is 0. The van der Waals surface area contributed by atoms with E-state index in [1.54, 1.807) is 0 Å². The molecule has 194 valence electrons. The highest BCUT2D eigenvalue weighted by atomic mass is 16.5. The second-order valence-electron chi connectivity index (χ2n) is 9.03. The Kier molecular flexibility index (Phi) is 7.98. The Morgan fingerprint density at radius 1 is 0.872 bits per heavy atom. The van der Waals surface area contributed by atoms with Gasteiger partial charge in [0.05, 0.1) is 17.9 Å². The number of nitrogens with zero attached hydrogens (tertiary/aromatic N) is 2. The van der Waals surface area contributed by atoms with Gasteiger partial charge in [0.15, 0.2) is 11.5 Å². The minimum Gasteiger partial charge on any atom is -0.490 e. The summed E-state index contributed by atoms with van der Waals surface area (Å²) in [5.41, 5.74) is 5.54. The topological polar surface area (TPSA) is 51.1 Å². The molecule has 4 aromatic carbocycles. The maximum atomic E-state index is 13.7. The van der Waals surface area contributed by atoms with Crippen molar-refractivity contribution in [2.45, 2.75) is 20.0 Å². The molecule has 39 heavy (non-hydrogen) atoms. The Morgan fingerprint density at radius 3 is 2.21 bits per heavy atom. The maximum Gasteiger partial charge on any atom is 0.281 e. The summed E-state index contributed by atoms with van der Waals surface area (Å²) in [6.07, 6.45) is 4.31. The summed E-state index contributed by atoms with van der Waals surface area (Å²) in [5, 5.41) is 6.20. The number of anilines is 1. The molecule has 0 N–H and O–H groups in total. The summed E-state index contributed by atoms with van der Waals surface area (Å²) in [4.78, 5) is 13.7. The van der Waals surface area contributed by atoms with Gasteiger partial charge in [-0.05, 0) is 54.8 Å². The number of hydrazone groups is 1. The van der Waals surface area contributed by atoms with E-state index in [1.807, 2.05) is 122 Å². The summed E-state index contributed by atoms with van der Waals surface area (Å²) in [6, 6.07) is 33.2. The molecule has 0 atom stereocenters. The number of para-hydroxylation sites is 1. The van der Waals surface area contributed by atoms with Crippen LogP contribution < -0.4 is 14.5 Å². The van der Waals surface area contributed by atoms with Crippen LogP contribution in [0.15, 0.2) is 126 Å². The molecule has 1 aliphatic heterocycles. The molecular formula is C34H30N2O3. The van der Waals surface area contributed by atoms with Crippen molar-refractivity contribution in [2.24, 2.45) is 5.10 Å². The highest BCUT2D eigenvalue weighted by Gasteiger charge is 2.32. The number of allylic oxidation sites excluding steroid dienone is 1. The van der Waals surface area contributed by atoms with E-state index in [-0.39, 0.29) is 5.91 Å². The normalized spacial score (nSPS) is 13.9. The van der Waals surface area contributed by atoms with Crippen LogP contribution in [0.4, 0.5) is 5.69 Å². The van der Waals surface area contributed by atoms with E-state index < -0.39 is 0 Å². The Labute approximate surface area is 229 Å². The lowest BCUT2D eigenvalue weighted by Gasteiger charge is -2.17. The molecule has 1 amide bonds. The van der Waals surface area contributed by atoms with Crippen molar-refractivity contribution < 1.29 is 14.3 Å². The summed E-state index contributed by atoms with van der Waals surface area (Å²) in [6.45, 7) is 6.78. The largest absolute Gasteiger partial charge is 0.490 e. The molecule has 0 spiro atoms. The fraction of sp³-hybridized carbons (Fsp3) is 0.118. The van der Waals surface area contributed by atoms with E-state index in [0.717, 1.165) is 22.3 Å². The smallest absolute Gasteiger partial charge is 0.281 e. The zero-order chi connectivity index (χ0) is 27.0. The van der Waals surface area contributed by atoms with E-state index in [1.165, 1.54) is 5.01 Å². The van der Waals surface area contributed by atoms with Crippen molar-refractivity contribution in [1.29, 1.82) is 0 Å². The van der Waals surface area contributed by atoms with E-state index >= 15 is 0 Å². The molecule has 0 aromatic heterocycles. The first-order valence-corrected chi connectivity index (χ1v) is 13.0. The molecule has 1 aliphatic rings. The number of benzene rings is 4. The number of hydrogen-bond donors (Lipinski definition) is 0. The number of amides is 1. The van der Waals surface area contributed by atoms with Gasteiger partial charge >= 0.3 is 0 Å². The lowest BCUT2D eigenvalue weighted by molar-refractivity contribution is -0.114. The SMILES string of the molecule is C=CCc1cc(/C=C2\C(=O)N(c3ccccc3)N=C2c2ccccc2)cc(OCC)c1OCc1ccccc1. The van der Waals surface area contributed by atoms with Gasteiger partial charge in [0, 0.05) is 11.1 Å². The third kappa shape index (κ3) is 5.83. The Bertz CT molecular complexity index is 1510. The van der Waals surface area contributed by atoms with Gasteiger partial charge in [-0.15, -0.1) is 6.58 Å². The van der Waals surface area contributed by atoms with E-state index in [4.69, 9.17) is 14.6 Å². The molecule has 4 aromatic rings. The fourth-order valence-corrected chi connectivity index (χ4v) is 4.50. The van der Waals surface area contributed by atoms with Crippen LogP contribution in [0.1, 0.15) is 29.2 Å². The highest BCUT2D eigenvalue weighted by Crippen LogP contribution is 2.36. The van der Waals surface area contributed by atoms with Gasteiger partial charge in [0.1, 0.15) is 12.3 Å². The fourth-order valence-electron chi connectivity index (χ4n) is 4.50. The first-order valence-electron chi connectivity index (χ1n) is 13.0. The zero-order valence-electron chi connectivity index (χ0n) is 21.9. The number of hydrogen-bond acceptors (Lipinski definition) is 4. The second-order valence-corrected chi connectivity index (χ2v) is 9.03. The average Bonchev–Trinajstić information content (AvgIpc) is 3.30. The van der Waals surface area contributed by atoms with Crippen LogP contribution in [0.25, 0.3) is 6.08 Å². The number of carbonyl (C=O) groups is 1. The Hall–Kier alpha value is -4.90. The predicted molar refractivity (Wildman–Crippen MR) is 157 cm³/mol. The van der Waals surface area contributed by atoms with E-state index in [9.17, 15) is 4.79 Å². The average molecular weight is 515 g/mol. The van der Waals surface area contributed by atoms with Crippen molar-refractivity contribution in [3.8, 4) is 11.5 Å². The van der Waals surface area contributed by atoms with Crippen molar-refractivity contribution in [2.75, 3.05) is 11.6 Å². The number of ether oxygens (including phenoxy) is 2. The van der Waals surface area contributed by atoms with Crippen LogP contribution in [0.5, 0.6) is 11.5 Å². The lowest BCUT2D eigenvalue weighted by atomic mass is 9.98. The maximum absolute atomic E-state index is 13.7. The van der Waals surface area contributed by atoms with Gasteiger partial charge < -0.3 is 9.47 Å². The third-order valence-corrected chi connectivity index (χ3v) is 6.28. The highest BCUT2D eigenvalue weighted by molar-refractivity contribution is 6.37. The monoisotopic (exact) mass is 514 g/mol. The van der Waals surface area contributed by atoms with Crippen LogP contribution >= 0.6 is 0 Å². The van der Waals surface area contributed by atoms with Gasteiger partial charge in [-0.2, -0.15) is 10.1 Å². The van der Waals surface area contributed by atoms with Crippen molar-refractivity contribution >= 4 is 23.4 Å². The van der Waals surface area contributed by atoms with Gasteiger partial charge in [0.25, 0.3) is 5.91 Å². The number of carbonyl (C=O) groups excluding carboxylic acids is 1. The first-order chi connectivity index (χ1) is 19.2. The van der Waals surface area contributed by atoms with Crippen molar-refractivity contribution in [3.63, 3.8) is 0 Å². The molecular weight excluding hydrogens is 484 g/mol. The molecule has 0 bridgehead atoms. The molecule has 0 unspecified atom stereocenters. The summed E-state index contributed by atoms with van der Waals surface area (Å²) in [7, 11) is 0.